The zero-order valence-corrected chi connectivity index (χ0v) is 12.3. The van der Waals surface area contributed by atoms with Crippen molar-refractivity contribution >= 4 is 23.2 Å². The first-order valence-electron chi connectivity index (χ1n) is 6.81. The highest BCUT2D eigenvalue weighted by Gasteiger charge is 2.26. The van der Waals surface area contributed by atoms with Crippen LogP contribution >= 0.6 is 11.6 Å². The van der Waals surface area contributed by atoms with Crippen LogP contribution in [0.5, 0.6) is 0 Å². The summed E-state index contributed by atoms with van der Waals surface area (Å²) in [4.78, 5) is 14.3. The van der Waals surface area contributed by atoms with E-state index in [1.54, 1.807) is 18.2 Å². The molecular weight excluding hydrogens is 260 g/mol. The van der Waals surface area contributed by atoms with Crippen LogP contribution in [0, 0.1) is 5.92 Å². The number of rotatable bonds is 2. The second kappa shape index (κ2) is 5.83. The van der Waals surface area contributed by atoms with Gasteiger partial charge in [0.2, 0.25) is 0 Å². The molecule has 1 fully saturated rings. The third-order valence-electron chi connectivity index (χ3n) is 4.00. The SMILES string of the molecule is CC1CCCC(N(C)C(=O)c2cc(N)ccc2Cl)C1. The van der Waals surface area contributed by atoms with Gasteiger partial charge in [-0.2, -0.15) is 0 Å². The molecule has 2 atom stereocenters. The topological polar surface area (TPSA) is 46.3 Å². The highest BCUT2D eigenvalue weighted by molar-refractivity contribution is 6.34. The maximum absolute atomic E-state index is 12.5. The predicted octanol–water partition coefficient (Wildman–Crippen LogP) is 3.57. The van der Waals surface area contributed by atoms with Crippen molar-refractivity contribution in [1.29, 1.82) is 0 Å². The van der Waals surface area contributed by atoms with Crippen molar-refractivity contribution in [1.82, 2.24) is 4.90 Å². The van der Waals surface area contributed by atoms with E-state index in [1.807, 2.05) is 11.9 Å². The van der Waals surface area contributed by atoms with E-state index in [0.29, 0.717) is 28.2 Å². The smallest absolute Gasteiger partial charge is 0.255 e. The molecule has 0 heterocycles. The Morgan fingerprint density at radius 3 is 2.84 bits per heavy atom. The third-order valence-corrected chi connectivity index (χ3v) is 4.33. The molecule has 1 amide bonds. The van der Waals surface area contributed by atoms with Crippen molar-refractivity contribution < 1.29 is 4.79 Å². The number of carbonyl (C=O) groups excluding carboxylic acids is 1. The molecule has 1 aromatic carbocycles. The minimum absolute atomic E-state index is 0.0311. The number of hydrogen-bond donors (Lipinski definition) is 1. The minimum atomic E-state index is -0.0311. The Labute approximate surface area is 119 Å². The van der Waals surface area contributed by atoms with Gasteiger partial charge in [0.1, 0.15) is 0 Å². The molecule has 0 aliphatic heterocycles. The summed E-state index contributed by atoms with van der Waals surface area (Å²) in [5, 5.41) is 0.468. The van der Waals surface area contributed by atoms with Crippen molar-refractivity contribution in [3.05, 3.63) is 28.8 Å². The van der Waals surface area contributed by atoms with Gasteiger partial charge < -0.3 is 10.6 Å². The number of hydrogen-bond acceptors (Lipinski definition) is 2. The Morgan fingerprint density at radius 1 is 1.42 bits per heavy atom. The van der Waals surface area contributed by atoms with Gasteiger partial charge in [0.05, 0.1) is 10.6 Å². The van der Waals surface area contributed by atoms with E-state index in [2.05, 4.69) is 6.92 Å². The number of nitrogens with zero attached hydrogens (tertiary/aromatic N) is 1. The van der Waals surface area contributed by atoms with Crippen LogP contribution in [0.3, 0.4) is 0 Å². The summed E-state index contributed by atoms with van der Waals surface area (Å²) < 4.78 is 0. The molecule has 0 radical (unpaired) electrons. The summed E-state index contributed by atoms with van der Waals surface area (Å²) in [6.45, 7) is 2.25. The minimum Gasteiger partial charge on any atom is -0.399 e. The molecule has 104 valence electrons. The van der Waals surface area contributed by atoms with Crippen molar-refractivity contribution in [3.8, 4) is 0 Å². The fourth-order valence-corrected chi connectivity index (χ4v) is 3.01. The van der Waals surface area contributed by atoms with Gasteiger partial charge in [-0.05, 0) is 37.0 Å². The van der Waals surface area contributed by atoms with Crippen LogP contribution in [-0.4, -0.2) is 23.9 Å². The van der Waals surface area contributed by atoms with Gasteiger partial charge in [0.15, 0.2) is 0 Å². The van der Waals surface area contributed by atoms with E-state index < -0.39 is 0 Å². The standard InChI is InChI=1S/C15H21ClN2O/c1-10-4-3-5-12(8-10)18(2)15(19)13-9-11(17)6-7-14(13)16/h6-7,9-10,12H,3-5,8,17H2,1-2H3. The van der Waals surface area contributed by atoms with E-state index in [-0.39, 0.29) is 5.91 Å². The number of amides is 1. The van der Waals surface area contributed by atoms with E-state index in [4.69, 9.17) is 17.3 Å². The first kappa shape index (κ1) is 14.2. The average Bonchev–Trinajstić information content (AvgIpc) is 2.40. The van der Waals surface area contributed by atoms with Crippen LogP contribution in [0.4, 0.5) is 5.69 Å². The van der Waals surface area contributed by atoms with E-state index in [9.17, 15) is 4.79 Å². The molecule has 1 aromatic rings. The van der Waals surface area contributed by atoms with Crippen LogP contribution in [0.25, 0.3) is 0 Å². The number of anilines is 1. The monoisotopic (exact) mass is 280 g/mol. The molecule has 1 aliphatic carbocycles. The molecule has 0 bridgehead atoms. The van der Waals surface area contributed by atoms with Crippen molar-refractivity contribution in [2.45, 2.75) is 38.6 Å². The summed E-state index contributed by atoms with van der Waals surface area (Å²) in [6, 6.07) is 5.37. The van der Waals surface area contributed by atoms with Crippen molar-refractivity contribution in [2.24, 2.45) is 5.92 Å². The fourth-order valence-electron chi connectivity index (χ4n) is 2.82. The Kier molecular flexibility index (Phi) is 4.35. The number of nitrogens with two attached hydrogens (primary N) is 1. The summed E-state index contributed by atoms with van der Waals surface area (Å²) in [5.41, 5.74) is 6.81. The number of nitrogen functional groups attached to an aromatic ring is 1. The molecule has 1 aliphatic rings. The Morgan fingerprint density at radius 2 is 2.16 bits per heavy atom. The van der Waals surface area contributed by atoms with Crippen molar-refractivity contribution in [2.75, 3.05) is 12.8 Å². The van der Waals surface area contributed by atoms with Crippen LogP contribution in [0.15, 0.2) is 18.2 Å². The lowest BCUT2D eigenvalue weighted by atomic mass is 9.86. The zero-order chi connectivity index (χ0) is 14.0. The second-order valence-corrected chi connectivity index (χ2v) is 5.99. The maximum Gasteiger partial charge on any atom is 0.255 e. The molecule has 2 unspecified atom stereocenters. The van der Waals surface area contributed by atoms with E-state index in [1.165, 1.54) is 12.8 Å². The Bertz CT molecular complexity index is 475. The molecule has 4 heteroatoms. The molecule has 0 aromatic heterocycles. The highest BCUT2D eigenvalue weighted by atomic mass is 35.5. The molecule has 19 heavy (non-hydrogen) atoms. The van der Waals surface area contributed by atoms with Crippen molar-refractivity contribution in [3.63, 3.8) is 0 Å². The van der Waals surface area contributed by atoms with E-state index in [0.717, 1.165) is 12.8 Å². The lowest BCUT2D eigenvalue weighted by Gasteiger charge is -2.34. The van der Waals surface area contributed by atoms with Gasteiger partial charge in [-0.1, -0.05) is 31.4 Å². The number of benzene rings is 1. The van der Waals surface area contributed by atoms with Crippen LogP contribution in [0.1, 0.15) is 43.0 Å². The predicted molar refractivity (Wildman–Crippen MR) is 79.4 cm³/mol. The molecule has 0 spiro atoms. The highest BCUT2D eigenvalue weighted by Crippen LogP contribution is 2.28. The number of halogens is 1. The summed E-state index contributed by atoms with van der Waals surface area (Å²) in [7, 11) is 1.87. The Hall–Kier alpha value is -1.22. The lowest BCUT2D eigenvalue weighted by Crippen LogP contribution is -2.40. The average molecular weight is 281 g/mol. The van der Waals surface area contributed by atoms with Gasteiger partial charge in [0.25, 0.3) is 5.91 Å². The summed E-state index contributed by atoms with van der Waals surface area (Å²) in [5.74, 6) is 0.654. The van der Waals surface area contributed by atoms with Crippen LogP contribution in [0.2, 0.25) is 5.02 Å². The van der Waals surface area contributed by atoms with Crippen LogP contribution in [-0.2, 0) is 0 Å². The van der Waals surface area contributed by atoms with Gasteiger partial charge in [-0.15, -0.1) is 0 Å². The summed E-state index contributed by atoms with van der Waals surface area (Å²) in [6.07, 6.45) is 4.60. The lowest BCUT2D eigenvalue weighted by molar-refractivity contribution is 0.0672. The van der Waals surface area contributed by atoms with Gasteiger partial charge >= 0.3 is 0 Å². The quantitative estimate of drug-likeness (QED) is 0.842. The molecule has 1 saturated carbocycles. The Balaban J connectivity index is 2.16. The first-order valence-corrected chi connectivity index (χ1v) is 7.19. The zero-order valence-electron chi connectivity index (χ0n) is 11.5. The van der Waals surface area contributed by atoms with E-state index >= 15 is 0 Å². The molecule has 2 rings (SSSR count). The van der Waals surface area contributed by atoms with Gasteiger partial charge in [-0.3, -0.25) is 4.79 Å². The maximum atomic E-state index is 12.5. The second-order valence-electron chi connectivity index (χ2n) is 5.58. The molecule has 2 N–H and O–H groups in total. The fraction of sp³-hybridized carbons (Fsp3) is 0.533. The third kappa shape index (κ3) is 3.21. The molecule has 0 saturated heterocycles. The largest absolute Gasteiger partial charge is 0.399 e. The number of carbonyl (C=O) groups is 1. The molecule has 3 nitrogen and oxygen atoms in total. The summed E-state index contributed by atoms with van der Waals surface area (Å²) >= 11 is 6.10. The van der Waals surface area contributed by atoms with Crippen LogP contribution < -0.4 is 5.73 Å². The van der Waals surface area contributed by atoms with Gasteiger partial charge in [0, 0.05) is 18.8 Å². The first-order chi connectivity index (χ1) is 8.99. The normalized spacial score (nSPS) is 23.1. The van der Waals surface area contributed by atoms with Gasteiger partial charge in [-0.25, -0.2) is 0 Å². The molecular formula is C15H21ClN2O.